The third kappa shape index (κ3) is 8.35. The summed E-state index contributed by atoms with van der Waals surface area (Å²) in [7, 11) is 1.67. The van der Waals surface area contributed by atoms with Gasteiger partial charge in [-0.3, -0.25) is 14.6 Å². The summed E-state index contributed by atoms with van der Waals surface area (Å²) in [4.78, 5) is 19.6. The van der Waals surface area contributed by atoms with E-state index in [2.05, 4.69) is 40.7 Å². The quantitative estimate of drug-likeness (QED) is 0.486. The van der Waals surface area contributed by atoms with Crippen molar-refractivity contribution in [1.29, 1.82) is 0 Å². The van der Waals surface area contributed by atoms with Crippen molar-refractivity contribution in [3.05, 3.63) is 29.8 Å². The van der Waals surface area contributed by atoms with Crippen LogP contribution in [0.5, 0.6) is 5.75 Å². The number of rotatable bonds is 11. The van der Waals surface area contributed by atoms with Crippen LogP contribution in [0.4, 0.5) is 0 Å². The molecule has 2 aliphatic rings. The van der Waals surface area contributed by atoms with Crippen molar-refractivity contribution in [3.63, 3.8) is 0 Å². The molecule has 2 heterocycles. The number of carbonyl (C=O) groups is 1. The Morgan fingerprint density at radius 3 is 2.19 bits per heavy atom. The number of methoxy groups -OCH3 is 1. The number of nitrogens with zero attached hydrogens (tertiary/aromatic N) is 3. The van der Waals surface area contributed by atoms with Crippen molar-refractivity contribution < 1.29 is 19.0 Å². The highest BCUT2D eigenvalue weighted by molar-refractivity contribution is 5.78. The second-order valence-corrected chi connectivity index (χ2v) is 9.39. The molecule has 0 aliphatic carbocycles. The SMILES string of the molecule is COCCOCCOc1ccc(CN2CCN(CC(=O)N3CC(C)CC(C)C3)CC2)cc1. The average molecular weight is 448 g/mol. The number of hydrogen-bond donors (Lipinski definition) is 0. The topological polar surface area (TPSA) is 54.5 Å². The third-order valence-electron chi connectivity index (χ3n) is 6.30. The Morgan fingerprint density at radius 2 is 1.53 bits per heavy atom. The van der Waals surface area contributed by atoms with Gasteiger partial charge in [-0.1, -0.05) is 26.0 Å². The molecule has 7 heteroatoms. The minimum absolute atomic E-state index is 0.302. The van der Waals surface area contributed by atoms with Crippen LogP contribution in [0.2, 0.25) is 0 Å². The first-order valence-corrected chi connectivity index (χ1v) is 12.0. The molecule has 32 heavy (non-hydrogen) atoms. The lowest BCUT2D eigenvalue weighted by atomic mass is 9.92. The molecule has 180 valence electrons. The third-order valence-corrected chi connectivity index (χ3v) is 6.30. The Hall–Kier alpha value is -1.67. The maximum absolute atomic E-state index is 12.7. The lowest BCUT2D eigenvalue weighted by Crippen LogP contribution is -2.51. The number of benzene rings is 1. The minimum atomic E-state index is 0.302. The summed E-state index contributed by atoms with van der Waals surface area (Å²) in [6, 6.07) is 8.32. The number of piperazine rings is 1. The standard InChI is InChI=1S/C25H41N3O4/c1-21-16-22(2)18-28(17-21)25(29)20-27-10-8-26(9-11-27)19-23-4-6-24(7-5-23)32-15-14-31-13-12-30-3/h4-7,21-22H,8-20H2,1-3H3. The molecule has 1 aromatic rings. The number of ether oxygens (including phenoxy) is 3. The molecule has 0 radical (unpaired) electrons. The van der Waals surface area contributed by atoms with Crippen LogP contribution in [0.25, 0.3) is 0 Å². The van der Waals surface area contributed by atoms with Gasteiger partial charge in [0.15, 0.2) is 0 Å². The second-order valence-electron chi connectivity index (χ2n) is 9.39. The molecule has 3 rings (SSSR count). The molecule has 1 aromatic carbocycles. The van der Waals surface area contributed by atoms with Crippen molar-refractivity contribution in [2.75, 3.05) is 79.4 Å². The molecule has 0 saturated carbocycles. The fourth-order valence-electron chi connectivity index (χ4n) is 4.68. The van der Waals surface area contributed by atoms with E-state index in [1.54, 1.807) is 7.11 Å². The van der Waals surface area contributed by atoms with Gasteiger partial charge in [0.25, 0.3) is 0 Å². The Bertz CT molecular complexity index is 666. The van der Waals surface area contributed by atoms with Gasteiger partial charge in [-0.05, 0) is 36.0 Å². The van der Waals surface area contributed by atoms with E-state index in [1.165, 1.54) is 12.0 Å². The van der Waals surface area contributed by atoms with Crippen LogP contribution in [0, 0.1) is 11.8 Å². The number of carbonyl (C=O) groups excluding carboxylic acids is 1. The summed E-state index contributed by atoms with van der Waals surface area (Å²) in [5.41, 5.74) is 1.29. The first-order chi connectivity index (χ1) is 15.5. The highest BCUT2D eigenvalue weighted by atomic mass is 16.5. The maximum Gasteiger partial charge on any atom is 0.236 e. The molecule has 2 aliphatic heterocycles. The molecule has 7 nitrogen and oxygen atoms in total. The predicted molar refractivity (Wildman–Crippen MR) is 126 cm³/mol. The van der Waals surface area contributed by atoms with E-state index in [-0.39, 0.29) is 0 Å². The van der Waals surface area contributed by atoms with E-state index < -0.39 is 0 Å². The zero-order valence-corrected chi connectivity index (χ0v) is 20.1. The minimum Gasteiger partial charge on any atom is -0.491 e. The first-order valence-electron chi connectivity index (χ1n) is 12.0. The molecule has 1 amide bonds. The van der Waals surface area contributed by atoms with Gasteiger partial charge in [0.1, 0.15) is 12.4 Å². The van der Waals surface area contributed by atoms with E-state index in [4.69, 9.17) is 14.2 Å². The molecular formula is C25H41N3O4. The fourth-order valence-corrected chi connectivity index (χ4v) is 4.68. The lowest BCUT2D eigenvalue weighted by molar-refractivity contribution is -0.135. The Kier molecular flexibility index (Phi) is 10.2. The monoisotopic (exact) mass is 447 g/mol. The molecule has 0 N–H and O–H groups in total. The normalized spacial score (nSPS) is 22.8. The Morgan fingerprint density at radius 1 is 0.906 bits per heavy atom. The van der Waals surface area contributed by atoms with Gasteiger partial charge in [-0.15, -0.1) is 0 Å². The van der Waals surface area contributed by atoms with Crippen LogP contribution in [-0.4, -0.2) is 100.0 Å². The number of hydrogen-bond acceptors (Lipinski definition) is 6. The van der Waals surface area contributed by atoms with Gasteiger partial charge in [-0.2, -0.15) is 0 Å². The van der Waals surface area contributed by atoms with Crippen LogP contribution in [-0.2, 0) is 20.8 Å². The van der Waals surface area contributed by atoms with Gasteiger partial charge in [0.05, 0.1) is 26.4 Å². The Balaban J connectivity index is 1.33. The zero-order chi connectivity index (χ0) is 22.8. The summed E-state index contributed by atoms with van der Waals surface area (Å²) >= 11 is 0. The maximum atomic E-state index is 12.7. The van der Waals surface area contributed by atoms with Crippen LogP contribution >= 0.6 is 0 Å². The molecule has 0 aromatic heterocycles. The van der Waals surface area contributed by atoms with Crippen molar-refractivity contribution in [2.45, 2.75) is 26.8 Å². The van der Waals surface area contributed by atoms with Crippen molar-refractivity contribution in [3.8, 4) is 5.75 Å². The predicted octanol–water partition coefficient (Wildman–Crippen LogP) is 2.35. The zero-order valence-electron chi connectivity index (χ0n) is 20.1. The van der Waals surface area contributed by atoms with E-state index in [9.17, 15) is 4.79 Å². The lowest BCUT2D eigenvalue weighted by Gasteiger charge is -2.38. The first kappa shape index (κ1) is 25.0. The summed E-state index contributed by atoms with van der Waals surface area (Å²) in [6.45, 7) is 14.1. The van der Waals surface area contributed by atoms with E-state index in [0.29, 0.717) is 50.7 Å². The van der Waals surface area contributed by atoms with Gasteiger partial charge < -0.3 is 19.1 Å². The van der Waals surface area contributed by atoms with Gasteiger partial charge >= 0.3 is 0 Å². The van der Waals surface area contributed by atoms with Crippen molar-refractivity contribution >= 4 is 5.91 Å². The molecule has 0 bridgehead atoms. The molecular weight excluding hydrogens is 406 g/mol. The summed E-state index contributed by atoms with van der Waals surface area (Å²) in [5, 5.41) is 0. The molecule has 2 fully saturated rings. The highest BCUT2D eigenvalue weighted by Crippen LogP contribution is 2.21. The van der Waals surface area contributed by atoms with E-state index in [0.717, 1.165) is 51.6 Å². The molecule has 0 spiro atoms. The molecule has 2 saturated heterocycles. The smallest absolute Gasteiger partial charge is 0.236 e. The average Bonchev–Trinajstić information content (AvgIpc) is 2.78. The van der Waals surface area contributed by atoms with Crippen LogP contribution < -0.4 is 4.74 Å². The number of amides is 1. The largest absolute Gasteiger partial charge is 0.491 e. The Labute approximate surface area is 193 Å². The van der Waals surface area contributed by atoms with Gasteiger partial charge in [-0.25, -0.2) is 0 Å². The van der Waals surface area contributed by atoms with E-state index >= 15 is 0 Å². The summed E-state index contributed by atoms with van der Waals surface area (Å²) in [6.07, 6.45) is 1.23. The van der Waals surface area contributed by atoms with Crippen LogP contribution in [0.3, 0.4) is 0 Å². The van der Waals surface area contributed by atoms with Crippen LogP contribution in [0.15, 0.2) is 24.3 Å². The highest BCUT2D eigenvalue weighted by Gasteiger charge is 2.27. The van der Waals surface area contributed by atoms with Crippen LogP contribution in [0.1, 0.15) is 25.8 Å². The summed E-state index contributed by atoms with van der Waals surface area (Å²) in [5.74, 6) is 2.40. The second kappa shape index (κ2) is 13.1. The van der Waals surface area contributed by atoms with Gasteiger partial charge in [0.2, 0.25) is 5.91 Å². The molecule has 2 unspecified atom stereocenters. The summed E-state index contributed by atoms with van der Waals surface area (Å²) < 4.78 is 16.1. The molecule has 2 atom stereocenters. The van der Waals surface area contributed by atoms with E-state index in [1.807, 2.05) is 12.1 Å². The fraction of sp³-hybridized carbons (Fsp3) is 0.720. The van der Waals surface area contributed by atoms with Gasteiger partial charge in [0, 0.05) is 52.9 Å². The van der Waals surface area contributed by atoms with Crippen molar-refractivity contribution in [1.82, 2.24) is 14.7 Å². The number of piperidine rings is 1. The number of likely N-dealkylation sites (tertiary alicyclic amines) is 1. The van der Waals surface area contributed by atoms with Crippen molar-refractivity contribution in [2.24, 2.45) is 11.8 Å².